The molecule has 34 heavy (non-hydrogen) atoms. The van der Waals surface area contributed by atoms with E-state index in [1.807, 2.05) is 0 Å². The van der Waals surface area contributed by atoms with Crippen LogP contribution >= 0.6 is 7.92 Å². The van der Waals surface area contributed by atoms with Gasteiger partial charge in [0.1, 0.15) is 17.5 Å². The zero-order valence-corrected chi connectivity index (χ0v) is 21.1. The molecule has 4 aliphatic heterocycles. The van der Waals surface area contributed by atoms with E-state index >= 15 is 4.39 Å². The second-order valence-corrected chi connectivity index (χ2v) is 14.2. The maximum Gasteiger partial charge on any atom is 0.329 e. The Hall–Kier alpha value is -1.75. The molecule has 3 atom stereocenters. The minimum atomic E-state index is -0.828. The Morgan fingerprint density at radius 2 is 1.85 bits per heavy atom. The number of amides is 1. The zero-order valence-electron chi connectivity index (χ0n) is 20.2. The summed E-state index contributed by atoms with van der Waals surface area (Å²) in [6.07, 6.45) is 8.54. The van der Waals surface area contributed by atoms with E-state index < -0.39 is 35.2 Å². The van der Waals surface area contributed by atoms with Gasteiger partial charge in [-0.1, -0.05) is 0 Å². The molecule has 1 saturated carbocycles. The van der Waals surface area contributed by atoms with Gasteiger partial charge in [0.2, 0.25) is 0 Å². The van der Waals surface area contributed by atoms with Gasteiger partial charge in [-0.3, -0.25) is 4.79 Å². The smallest absolute Gasteiger partial charge is 0.329 e. The first-order chi connectivity index (χ1) is 16.0. The molecular formula is C26H34F2NO4P. The molecule has 1 aromatic carbocycles. The van der Waals surface area contributed by atoms with Gasteiger partial charge in [-0.05, 0) is 89.3 Å². The molecule has 1 aliphatic carbocycles. The van der Waals surface area contributed by atoms with Crippen molar-refractivity contribution in [1.82, 2.24) is 4.90 Å². The maximum absolute atomic E-state index is 15.0. The monoisotopic (exact) mass is 493 g/mol. The lowest BCUT2D eigenvalue weighted by Gasteiger charge is -2.56. The molecule has 8 heteroatoms. The number of halogens is 2. The van der Waals surface area contributed by atoms with E-state index in [1.165, 1.54) is 29.8 Å². The van der Waals surface area contributed by atoms with Crippen LogP contribution in [0.1, 0.15) is 63.2 Å². The van der Waals surface area contributed by atoms with Gasteiger partial charge < -0.3 is 14.4 Å². The minimum Gasteiger partial charge on any atom is -0.490 e. The summed E-state index contributed by atoms with van der Waals surface area (Å²) in [6, 6.07) is 1.12. The molecular weight excluding hydrogens is 459 g/mol. The highest BCUT2D eigenvalue weighted by Crippen LogP contribution is 2.65. The van der Waals surface area contributed by atoms with Gasteiger partial charge in [0.25, 0.3) is 5.91 Å². The molecule has 5 nitrogen and oxygen atoms in total. The average Bonchev–Trinajstić information content (AvgIpc) is 3.21. The third-order valence-electron chi connectivity index (χ3n) is 7.68. The highest BCUT2D eigenvalue weighted by Gasteiger charge is 2.51. The van der Waals surface area contributed by atoms with Crippen LogP contribution in [0, 0.1) is 28.9 Å². The number of rotatable bonds is 5. The summed E-state index contributed by atoms with van der Waals surface area (Å²) in [5.74, 6) is -1.37. The van der Waals surface area contributed by atoms with Gasteiger partial charge >= 0.3 is 5.97 Å². The SMILES string of the molecule is CC(C)(C)OC(=O)C1CCCN1C(=O)c1cc(F)c(OCC23CC4CC(CP(C4)C2)C3)cc1F. The predicted molar refractivity (Wildman–Crippen MR) is 127 cm³/mol. The van der Waals surface area contributed by atoms with Crippen molar-refractivity contribution >= 4 is 19.8 Å². The summed E-state index contributed by atoms with van der Waals surface area (Å²) in [4.78, 5) is 26.9. The first-order valence-corrected chi connectivity index (χ1v) is 14.3. The van der Waals surface area contributed by atoms with Crippen molar-refractivity contribution in [3.63, 3.8) is 0 Å². The molecule has 6 rings (SSSR count). The lowest BCUT2D eigenvalue weighted by Crippen LogP contribution is -2.49. The highest BCUT2D eigenvalue weighted by atomic mass is 31.1. The van der Waals surface area contributed by atoms with Gasteiger partial charge in [-0.25, -0.2) is 13.6 Å². The van der Waals surface area contributed by atoms with E-state index in [1.54, 1.807) is 20.8 Å². The molecule has 0 aromatic heterocycles. The summed E-state index contributed by atoms with van der Waals surface area (Å²) >= 11 is 0. The molecule has 4 saturated heterocycles. The van der Waals surface area contributed by atoms with Gasteiger partial charge in [0, 0.05) is 18.0 Å². The van der Waals surface area contributed by atoms with Crippen LogP contribution < -0.4 is 4.74 Å². The molecule has 5 fully saturated rings. The second-order valence-electron chi connectivity index (χ2n) is 11.8. The third-order valence-corrected chi connectivity index (χ3v) is 10.9. The second kappa shape index (κ2) is 8.72. The molecule has 0 spiro atoms. The quantitative estimate of drug-likeness (QED) is 0.418. The number of benzene rings is 1. The van der Waals surface area contributed by atoms with Gasteiger partial charge in [-0.2, -0.15) is 0 Å². The number of hydrogen-bond acceptors (Lipinski definition) is 4. The van der Waals surface area contributed by atoms with Crippen LogP contribution in [0.4, 0.5) is 8.78 Å². The number of nitrogens with zero attached hydrogens (tertiary/aromatic N) is 1. The van der Waals surface area contributed by atoms with Crippen LogP contribution in [0.3, 0.4) is 0 Å². The first kappa shape index (κ1) is 24.0. The molecule has 186 valence electrons. The van der Waals surface area contributed by atoms with Crippen LogP contribution in [-0.4, -0.2) is 60.1 Å². The Bertz CT molecular complexity index is 956. The number of hydrogen-bond donors (Lipinski definition) is 0. The standard InChI is InChI=1S/C26H34F2NO4P/c1-25(2,3)33-24(31)21-5-4-6-29(21)23(30)18-8-20(28)22(9-19(18)27)32-14-26-10-16-7-17(11-26)13-34(12-16)15-26/h8-9,16-17,21H,4-7,10-15H2,1-3H3. The maximum atomic E-state index is 15.0. The fourth-order valence-corrected chi connectivity index (χ4v) is 10.5. The van der Waals surface area contributed by atoms with Crippen LogP contribution in [-0.2, 0) is 9.53 Å². The number of likely N-dealkylation sites (tertiary alicyclic amines) is 1. The predicted octanol–water partition coefficient (Wildman–Crippen LogP) is 5.20. The van der Waals surface area contributed by atoms with Crippen LogP contribution in [0.2, 0.25) is 0 Å². The Kier molecular flexibility index (Phi) is 6.15. The van der Waals surface area contributed by atoms with Crippen molar-refractivity contribution in [3.8, 4) is 5.75 Å². The molecule has 4 heterocycles. The Labute approximate surface area is 201 Å². The summed E-state index contributed by atoms with van der Waals surface area (Å²) in [6.45, 7) is 5.98. The largest absolute Gasteiger partial charge is 0.490 e. The highest BCUT2D eigenvalue weighted by molar-refractivity contribution is 7.57. The van der Waals surface area contributed by atoms with Crippen molar-refractivity contribution in [2.45, 2.75) is 64.5 Å². The van der Waals surface area contributed by atoms with Crippen molar-refractivity contribution in [3.05, 3.63) is 29.3 Å². The van der Waals surface area contributed by atoms with E-state index in [9.17, 15) is 14.0 Å². The zero-order chi connectivity index (χ0) is 24.3. The molecule has 0 radical (unpaired) electrons. The average molecular weight is 494 g/mol. The minimum absolute atomic E-state index is 0.0716. The number of ether oxygens (including phenoxy) is 2. The topological polar surface area (TPSA) is 55.8 Å². The molecule has 4 bridgehead atoms. The Morgan fingerprint density at radius 3 is 2.50 bits per heavy atom. The Morgan fingerprint density at radius 1 is 1.15 bits per heavy atom. The van der Waals surface area contributed by atoms with Gasteiger partial charge in [0.15, 0.2) is 11.6 Å². The van der Waals surface area contributed by atoms with E-state index in [0.29, 0.717) is 26.0 Å². The number of esters is 1. The van der Waals surface area contributed by atoms with Crippen LogP contribution in [0.15, 0.2) is 12.1 Å². The number of carbonyl (C=O) groups excluding carboxylic acids is 2. The van der Waals surface area contributed by atoms with E-state index in [4.69, 9.17) is 9.47 Å². The summed E-state index contributed by atoms with van der Waals surface area (Å²) in [5.41, 5.74) is -0.968. The molecule has 3 unspecified atom stereocenters. The van der Waals surface area contributed by atoms with Crippen molar-refractivity contribution < 1.29 is 27.8 Å². The lowest BCUT2D eigenvalue weighted by atomic mass is 9.66. The van der Waals surface area contributed by atoms with Crippen LogP contribution in [0.5, 0.6) is 5.75 Å². The molecule has 1 aromatic rings. The summed E-state index contributed by atoms with van der Waals surface area (Å²) < 4.78 is 41.3. The van der Waals surface area contributed by atoms with Crippen molar-refractivity contribution in [2.75, 3.05) is 31.6 Å². The van der Waals surface area contributed by atoms with Crippen LogP contribution in [0.25, 0.3) is 0 Å². The molecule has 1 amide bonds. The summed E-state index contributed by atoms with van der Waals surface area (Å²) in [7, 11) is 0.0716. The first-order valence-electron chi connectivity index (χ1n) is 12.4. The van der Waals surface area contributed by atoms with Gasteiger partial charge in [-0.15, -0.1) is 7.92 Å². The van der Waals surface area contributed by atoms with Crippen molar-refractivity contribution in [2.24, 2.45) is 17.3 Å². The van der Waals surface area contributed by atoms with E-state index in [0.717, 1.165) is 36.8 Å². The Balaban J connectivity index is 1.28. The fourth-order valence-electron chi connectivity index (χ4n) is 6.74. The fraction of sp³-hybridized carbons (Fsp3) is 0.692. The molecule has 0 N–H and O–H groups in total. The normalized spacial score (nSPS) is 32.2. The van der Waals surface area contributed by atoms with Gasteiger partial charge in [0.05, 0.1) is 12.2 Å². The number of carbonyl (C=O) groups is 2. The summed E-state index contributed by atoms with van der Waals surface area (Å²) in [5, 5.41) is 0. The van der Waals surface area contributed by atoms with E-state index in [2.05, 4.69) is 0 Å². The molecule has 5 aliphatic rings. The van der Waals surface area contributed by atoms with Crippen molar-refractivity contribution in [1.29, 1.82) is 0 Å². The lowest BCUT2D eigenvalue weighted by molar-refractivity contribution is -0.159. The van der Waals surface area contributed by atoms with E-state index in [-0.39, 0.29) is 24.6 Å². The third kappa shape index (κ3) is 4.69.